The van der Waals surface area contributed by atoms with Crippen molar-refractivity contribution < 1.29 is 32.2 Å². The third-order valence-electron chi connectivity index (χ3n) is 7.91. The van der Waals surface area contributed by atoms with Gasteiger partial charge in [-0.25, -0.2) is 32.6 Å². The lowest BCUT2D eigenvalue weighted by Crippen LogP contribution is -2.44. The fraction of sp³-hybridized carbons (Fsp3) is 0.355. The number of rotatable bonds is 9. The van der Waals surface area contributed by atoms with Crippen molar-refractivity contribution in [1.29, 1.82) is 0 Å². The van der Waals surface area contributed by atoms with Crippen molar-refractivity contribution in [3.63, 3.8) is 0 Å². The van der Waals surface area contributed by atoms with E-state index in [0.717, 1.165) is 24.8 Å². The first kappa shape index (κ1) is 30.5. The van der Waals surface area contributed by atoms with Crippen LogP contribution in [0, 0.1) is 12.7 Å². The summed E-state index contributed by atoms with van der Waals surface area (Å²) in [4.78, 5) is 26.2. The highest BCUT2D eigenvalue weighted by Crippen LogP contribution is 2.40. The van der Waals surface area contributed by atoms with E-state index in [1.165, 1.54) is 11.0 Å². The van der Waals surface area contributed by atoms with Gasteiger partial charge in [-0.05, 0) is 68.5 Å². The summed E-state index contributed by atoms with van der Waals surface area (Å²) < 4.78 is 55.3. The number of aryl methyl sites for hydroxylation is 1. The molecule has 0 bridgehead atoms. The highest BCUT2D eigenvalue weighted by molar-refractivity contribution is 7.92. The normalized spacial score (nSPS) is 18.6. The Morgan fingerprint density at radius 1 is 1.11 bits per heavy atom. The van der Waals surface area contributed by atoms with Gasteiger partial charge < -0.3 is 24.8 Å². The summed E-state index contributed by atoms with van der Waals surface area (Å²) in [5.74, 6) is -0.00913. The first-order valence-corrected chi connectivity index (χ1v) is 16.4. The first-order chi connectivity index (χ1) is 21.7. The van der Waals surface area contributed by atoms with Gasteiger partial charge in [0.15, 0.2) is 0 Å². The van der Waals surface area contributed by atoms with Crippen LogP contribution in [-0.4, -0.2) is 77.1 Å². The lowest BCUT2D eigenvalue weighted by atomic mass is 10.0. The zero-order chi connectivity index (χ0) is 31.6. The Labute approximate surface area is 259 Å². The number of ether oxygens (including phenoxy) is 2. The van der Waals surface area contributed by atoms with E-state index in [2.05, 4.69) is 25.0 Å². The maximum Gasteiger partial charge on any atom is 0.407 e. The van der Waals surface area contributed by atoms with Crippen LogP contribution in [0.2, 0.25) is 0 Å². The molecule has 6 rings (SSSR count). The quantitative estimate of drug-likeness (QED) is 0.217. The van der Waals surface area contributed by atoms with E-state index in [9.17, 15) is 18.3 Å². The van der Waals surface area contributed by atoms with Gasteiger partial charge in [0.1, 0.15) is 11.6 Å². The van der Waals surface area contributed by atoms with Crippen LogP contribution in [0.3, 0.4) is 0 Å². The molecule has 2 aromatic carbocycles. The molecule has 2 aliphatic rings. The number of hydrogen-bond donors (Lipinski definition) is 3. The van der Waals surface area contributed by atoms with Gasteiger partial charge >= 0.3 is 6.09 Å². The number of halogens is 1. The maximum absolute atomic E-state index is 15.1. The summed E-state index contributed by atoms with van der Waals surface area (Å²) in [7, 11) is -3.90. The Balaban J connectivity index is 1.29. The van der Waals surface area contributed by atoms with Crippen LogP contribution < -0.4 is 14.8 Å². The predicted molar refractivity (Wildman–Crippen MR) is 167 cm³/mol. The number of pyridine rings is 1. The van der Waals surface area contributed by atoms with Crippen LogP contribution >= 0.6 is 0 Å². The van der Waals surface area contributed by atoms with Gasteiger partial charge in [0, 0.05) is 48.9 Å². The van der Waals surface area contributed by atoms with Crippen molar-refractivity contribution in [3.8, 4) is 22.9 Å². The number of sulfonamides is 1. The topological polar surface area (TPSA) is 156 Å². The second-order valence-corrected chi connectivity index (χ2v) is 13.0. The van der Waals surface area contributed by atoms with Gasteiger partial charge in [0.2, 0.25) is 21.9 Å². The third-order valence-corrected chi connectivity index (χ3v) is 9.24. The number of aromatic nitrogens is 3. The molecule has 0 aliphatic carbocycles. The zero-order valence-electron chi connectivity index (χ0n) is 24.6. The van der Waals surface area contributed by atoms with Gasteiger partial charge in [0.25, 0.3) is 0 Å². The maximum atomic E-state index is 15.1. The zero-order valence-corrected chi connectivity index (χ0v) is 25.4. The number of benzene rings is 2. The molecule has 0 radical (unpaired) electrons. The monoisotopic (exact) mass is 636 g/mol. The van der Waals surface area contributed by atoms with E-state index in [0.29, 0.717) is 59.8 Å². The molecule has 3 N–H and O–H groups in total. The van der Waals surface area contributed by atoms with E-state index in [1.807, 2.05) is 6.92 Å². The minimum atomic E-state index is -3.90. The average molecular weight is 637 g/mol. The second-order valence-electron chi connectivity index (χ2n) is 11.2. The fourth-order valence-electron chi connectivity index (χ4n) is 5.71. The molecule has 2 aliphatic heterocycles. The molecule has 2 fully saturated rings. The fourth-order valence-corrected chi connectivity index (χ4v) is 7.06. The average Bonchev–Trinajstić information content (AvgIpc) is 3.52. The summed E-state index contributed by atoms with van der Waals surface area (Å²) in [6.07, 6.45) is 4.73. The number of nitrogens with zero attached hydrogens (tertiary/aromatic N) is 4. The molecule has 0 spiro atoms. The van der Waals surface area contributed by atoms with E-state index >= 15 is 4.39 Å². The van der Waals surface area contributed by atoms with E-state index in [-0.39, 0.29) is 23.4 Å². The molecule has 1 amide bonds. The number of amides is 1. The second kappa shape index (κ2) is 12.8. The summed E-state index contributed by atoms with van der Waals surface area (Å²) in [6.45, 7) is 3.17. The van der Waals surface area contributed by atoms with Crippen molar-refractivity contribution in [2.24, 2.45) is 0 Å². The van der Waals surface area contributed by atoms with Crippen LogP contribution in [0.4, 0.5) is 20.8 Å². The summed E-state index contributed by atoms with van der Waals surface area (Å²) in [6, 6.07) is 11.3. The highest BCUT2D eigenvalue weighted by Gasteiger charge is 2.26. The number of carbonyl (C=O) groups is 1. The lowest BCUT2D eigenvalue weighted by Gasteiger charge is -2.31. The number of hydrogen-bond acceptors (Lipinski definition) is 9. The molecular weight excluding hydrogens is 603 g/mol. The minimum Gasteiger partial charge on any atom is -0.465 e. The molecule has 4 aromatic rings. The van der Waals surface area contributed by atoms with Crippen molar-refractivity contribution >= 4 is 38.5 Å². The Kier molecular flexibility index (Phi) is 8.67. The number of carboxylic acid groups (broad SMARTS) is 1. The lowest BCUT2D eigenvalue weighted by molar-refractivity contribution is 0.127. The third kappa shape index (κ3) is 6.91. The first-order valence-electron chi connectivity index (χ1n) is 14.7. The standard InChI is InChI=1S/C31H33FN6O6S/c1-19-8-9-22-23(10-11-25(32)27(22)37-45(41,42)18-21-6-4-16-43-21)28(19)44-29-24(7-2-13-33-29)26-12-14-34-30(36-26)35-20-5-3-15-38(17-20)31(39)40/h2,7-14,20-21,37H,3-6,15-18H2,1H3,(H,39,40)(H,34,35,36)/t20-,21-/m0/s1. The Bertz CT molecular complexity index is 1840. The molecule has 2 saturated heterocycles. The van der Waals surface area contributed by atoms with Gasteiger partial charge in [-0.15, -0.1) is 0 Å². The summed E-state index contributed by atoms with van der Waals surface area (Å²) in [5, 5.41) is 13.4. The molecule has 14 heteroatoms. The number of fused-ring (bicyclic) bond motifs is 1. The molecule has 0 unspecified atom stereocenters. The Morgan fingerprint density at radius 2 is 1.96 bits per heavy atom. The smallest absolute Gasteiger partial charge is 0.407 e. The van der Waals surface area contributed by atoms with Crippen molar-refractivity contribution in [1.82, 2.24) is 19.9 Å². The van der Waals surface area contributed by atoms with E-state index in [1.54, 1.807) is 48.8 Å². The Hall–Kier alpha value is -4.56. The molecule has 4 heterocycles. The molecule has 45 heavy (non-hydrogen) atoms. The van der Waals surface area contributed by atoms with Crippen molar-refractivity contribution in [2.75, 3.05) is 35.5 Å². The van der Waals surface area contributed by atoms with Crippen LogP contribution in [0.25, 0.3) is 22.0 Å². The summed E-state index contributed by atoms with van der Waals surface area (Å²) >= 11 is 0. The molecular formula is C31H33FN6O6S. The SMILES string of the molecule is Cc1ccc2c(NS(=O)(=O)C[C@@H]3CCCO3)c(F)ccc2c1Oc1ncccc1-c1ccnc(N[C@H]2CCCN(C(=O)O)C2)n1. The molecule has 2 atom stereocenters. The number of likely N-dealkylation sites (tertiary alicyclic amines) is 1. The van der Waals surface area contributed by atoms with E-state index in [4.69, 9.17) is 9.47 Å². The van der Waals surface area contributed by atoms with Gasteiger partial charge in [-0.1, -0.05) is 12.1 Å². The number of piperidine rings is 1. The molecule has 2 aromatic heterocycles. The van der Waals surface area contributed by atoms with Crippen LogP contribution in [0.15, 0.2) is 54.9 Å². The molecule has 12 nitrogen and oxygen atoms in total. The van der Waals surface area contributed by atoms with Crippen LogP contribution in [0.5, 0.6) is 11.6 Å². The molecule has 236 valence electrons. The van der Waals surface area contributed by atoms with Gasteiger partial charge in [0.05, 0.1) is 28.8 Å². The van der Waals surface area contributed by atoms with Crippen LogP contribution in [0.1, 0.15) is 31.2 Å². The van der Waals surface area contributed by atoms with Crippen molar-refractivity contribution in [2.45, 2.75) is 44.8 Å². The summed E-state index contributed by atoms with van der Waals surface area (Å²) in [5.41, 5.74) is 1.65. The highest BCUT2D eigenvalue weighted by atomic mass is 32.2. The largest absolute Gasteiger partial charge is 0.465 e. The predicted octanol–water partition coefficient (Wildman–Crippen LogP) is 5.41. The van der Waals surface area contributed by atoms with Crippen LogP contribution in [-0.2, 0) is 14.8 Å². The Morgan fingerprint density at radius 3 is 2.76 bits per heavy atom. The van der Waals surface area contributed by atoms with Gasteiger partial charge in [-0.2, -0.15) is 0 Å². The molecule has 0 saturated carbocycles. The minimum absolute atomic E-state index is 0.134. The van der Waals surface area contributed by atoms with Gasteiger partial charge in [-0.3, -0.25) is 4.72 Å². The number of anilines is 2. The number of nitrogens with one attached hydrogen (secondary N) is 2. The van der Waals surface area contributed by atoms with Crippen molar-refractivity contribution in [3.05, 3.63) is 66.2 Å². The van der Waals surface area contributed by atoms with E-state index < -0.39 is 28.0 Å².